The van der Waals surface area contributed by atoms with Crippen LogP contribution < -0.4 is 5.32 Å². The summed E-state index contributed by atoms with van der Waals surface area (Å²) in [6.45, 7) is 1.89. The third-order valence-corrected chi connectivity index (χ3v) is 4.12. The van der Waals surface area contributed by atoms with Gasteiger partial charge < -0.3 is 10.4 Å². The maximum atomic E-state index is 11.8. The van der Waals surface area contributed by atoms with Crippen molar-refractivity contribution in [2.24, 2.45) is 11.8 Å². The molecule has 0 heterocycles. The molecule has 1 aliphatic rings. The Labute approximate surface area is 117 Å². The molecule has 1 amide bonds. The molecule has 0 aromatic heterocycles. The zero-order chi connectivity index (χ0) is 13.4. The molecule has 0 saturated heterocycles. The highest BCUT2D eigenvalue weighted by Crippen LogP contribution is 2.40. The van der Waals surface area contributed by atoms with Crippen LogP contribution in [0.4, 0.5) is 5.69 Å². The van der Waals surface area contributed by atoms with Crippen LogP contribution in [0.5, 0.6) is 0 Å². The number of benzene rings is 1. The van der Waals surface area contributed by atoms with Gasteiger partial charge in [-0.05, 0) is 31.0 Å². The van der Waals surface area contributed by atoms with Crippen LogP contribution in [0.2, 0.25) is 5.02 Å². The Morgan fingerprint density at radius 3 is 2.67 bits per heavy atom. The Kier molecular flexibility index (Phi) is 3.64. The maximum Gasteiger partial charge on any atom is 0.307 e. The molecule has 4 nitrogen and oxygen atoms in total. The molecule has 0 radical (unpaired) electrons. The van der Waals surface area contributed by atoms with Crippen LogP contribution in [0.1, 0.15) is 12.0 Å². The number of carbonyl (C=O) groups excluding carboxylic acids is 1. The number of hydrogen-bond acceptors (Lipinski definition) is 2. The van der Waals surface area contributed by atoms with Gasteiger partial charge in [0.05, 0.1) is 22.5 Å². The van der Waals surface area contributed by atoms with Crippen LogP contribution in [0.25, 0.3) is 0 Å². The van der Waals surface area contributed by atoms with Crippen LogP contribution in [-0.2, 0) is 9.59 Å². The van der Waals surface area contributed by atoms with E-state index in [0.29, 0.717) is 17.1 Å². The third kappa shape index (κ3) is 2.67. The van der Waals surface area contributed by atoms with E-state index in [1.165, 1.54) is 0 Å². The van der Waals surface area contributed by atoms with E-state index in [0.717, 1.165) is 10.0 Å². The maximum absolute atomic E-state index is 11.8. The number of carboxylic acid groups (broad SMARTS) is 1. The Balaban J connectivity index is 2.09. The van der Waals surface area contributed by atoms with Gasteiger partial charge in [0.25, 0.3) is 0 Å². The molecular weight excluding hydrogens is 321 g/mol. The highest BCUT2D eigenvalue weighted by Gasteiger charge is 2.48. The molecule has 0 unspecified atom stereocenters. The molecular formula is C12H11BrClNO3. The number of aliphatic carboxylic acids is 1. The normalized spacial score (nSPS) is 21.5. The summed E-state index contributed by atoms with van der Waals surface area (Å²) in [5, 5.41) is 11.9. The quantitative estimate of drug-likeness (QED) is 0.894. The van der Waals surface area contributed by atoms with Crippen molar-refractivity contribution in [3.63, 3.8) is 0 Å². The molecule has 2 rings (SSSR count). The van der Waals surface area contributed by atoms with Crippen LogP contribution >= 0.6 is 27.5 Å². The summed E-state index contributed by atoms with van der Waals surface area (Å²) >= 11 is 9.37. The number of nitrogens with one attached hydrogen (secondary N) is 1. The van der Waals surface area contributed by atoms with Crippen LogP contribution in [0.15, 0.2) is 16.6 Å². The molecule has 1 aliphatic carbocycles. The predicted molar refractivity (Wildman–Crippen MR) is 71.8 cm³/mol. The van der Waals surface area contributed by atoms with Crippen LogP contribution in [-0.4, -0.2) is 17.0 Å². The summed E-state index contributed by atoms with van der Waals surface area (Å²) < 4.78 is 0.841. The lowest BCUT2D eigenvalue weighted by molar-refractivity contribution is -0.139. The van der Waals surface area contributed by atoms with Gasteiger partial charge >= 0.3 is 5.97 Å². The molecule has 1 aromatic carbocycles. The molecule has 0 aliphatic heterocycles. The second-order valence-corrected chi connectivity index (χ2v) is 5.62. The summed E-state index contributed by atoms with van der Waals surface area (Å²) in [6.07, 6.45) is 0.395. The van der Waals surface area contributed by atoms with Gasteiger partial charge in [-0.2, -0.15) is 0 Å². The van der Waals surface area contributed by atoms with Gasteiger partial charge in [-0.15, -0.1) is 0 Å². The second kappa shape index (κ2) is 4.90. The van der Waals surface area contributed by atoms with E-state index in [1.807, 2.05) is 6.92 Å². The Bertz CT molecular complexity index is 532. The van der Waals surface area contributed by atoms with Gasteiger partial charge in [-0.25, -0.2) is 0 Å². The average Bonchev–Trinajstić information content (AvgIpc) is 3.05. The van der Waals surface area contributed by atoms with Crippen LogP contribution in [0.3, 0.4) is 0 Å². The van der Waals surface area contributed by atoms with E-state index in [4.69, 9.17) is 16.7 Å². The first-order chi connectivity index (χ1) is 8.40. The minimum Gasteiger partial charge on any atom is -0.481 e. The van der Waals surface area contributed by atoms with Gasteiger partial charge in [-0.3, -0.25) is 9.59 Å². The topological polar surface area (TPSA) is 66.4 Å². The fourth-order valence-electron chi connectivity index (χ4n) is 1.73. The van der Waals surface area contributed by atoms with Crippen molar-refractivity contribution >= 4 is 45.1 Å². The molecule has 6 heteroatoms. The average molecular weight is 333 g/mol. The van der Waals surface area contributed by atoms with Gasteiger partial charge in [0.1, 0.15) is 0 Å². The first kappa shape index (κ1) is 13.4. The first-order valence-corrected chi connectivity index (χ1v) is 6.56. The molecule has 96 valence electrons. The van der Waals surface area contributed by atoms with Gasteiger partial charge in [0.2, 0.25) is 5.91 Å². The molecule has 1 saturated carbocycles. The number of hydrogen-bond donors (Lipinski definition) is 2. The number of halogens is 2. The van der Waals surface area contributed by atoms with E-state index < -0.39 is 17.8 Å². The largest absolute Gasteiger partial charge is 0.481 e. The van der Waals surface area contributed by atoms with Crippen molar-refractivity contribution in [3.05, 3.63) is 27.2 Å². The minimum atomic E-state index is -0.925. The number of amides is 1. The zero-order valence-corrected chi connectivity index (χ0v) is 11.9. The molecule has 0 spiro atoms. The standard InChI is InChI=1S/C12H11BrClNO3/c1-5-2-9(14)10(4-8(5)13)15-11(16)6-3-7(6)12(17)18/h2,4,6-7H,3H2,1H3,(H,15,16)(H,17,18)/t6-,7+/m1/s1. The van der Waals surface area contributed by atoms with E-state index >= 15 is 0 Å². The molecule has 2 atom stereocenters. The lowest BCUT2D eigenvalue weighted by atomic mass is 10.2. The van der Waals surface area contributed by atoms with Crippen molar-refractivity contribution < 1.29 is 14.7 Å². The van der Waals surface area contributed by atoms with E-state index in [-0.39, 0.29) is 5.91 Å². The lowest BCUT2D eigenvalue weighted by Gasteiger charge is -2.09. The number of carbonyl (C=O) groups is 2. The monoisotopic (exact) mass is 331 g/mol. The van der Waals surface area contributed by atoms with Gasteiger partial charge in [-0.1, -0.05) is 27.5 Å². The summed E-state index contributed by atoms with van der Waals surface area (Å²) in [4.78, 5) is 22.5. The molecule has 0 bridgehead atoms. The van der Waals surface area contributed by atoms with Crippen molar-refractivity contribution in [2.75, 3.05) is 5.32 Å². The van der Waals surface area contributed by atoms with Crippen molar-refractivity contribution in [1.29, 1.82) is 0 Å². The molecule has 18 heavy (non-hydrogen) atoms. The smallest absolute Gasteiger partial charge is 0.307 e. The first-order valence-electron chi connectivity index (χ1n) is 5.39. The minimum absolute atomic E-state index is 0.292. The number of anilines is 1. The lowest BCUT2D eigenvalue weighted by Crippen LogP contribution is -2.17. The fraction of sp³-hybridized carbons (Fsp3) is 0.333. The Morgan fingerprint density at radius 2 is 2.11 bits per heavy atom. The van der Waals surface area contributed by atoms with Crippen molar-refractivity contribution in [1.82, 2.24) is 0 Å². The predicted octanol–water partition coefficient (Wildman–Crippen LogP) is 3.07. The number of carboxylic acids is 1. The van der Waals surface area contributed by atoms with Gasteiger partial charge in [0.15, 0.2) is 0 Å². The Hall–Kier alpha value is -1.07. The molecule has 1 fully saturated rings. The zero-order valence-electron chi connectivity index (χ0n) is 9.54. The SMILES string of the molecule is Cc1cc(Cl)c(NC(=O)[C@@H]2C[C@@H]2C(=O)O)cc1Br. The van der Waals surface area contributed by atoms with Crippen LogP contribution in [0, 0.1) is 18.8 Å². The van der Waals surface area contributed by atoms with Crippen molar-refractivity contribution in [3.8, 4) is 0 Å². The molecule has 2 N–H and O–H groups in total. The molecule has 1 aromatic rings. The van der Waals surface area contributed by atoms with E-state index in [9.17, 15) is 9.59 Å². The van der Waals surface area contributed by atoms with Gasteiger partial charge in [0, 0.05) is 4.47 Å². The highest BCUT2D eigenvalue weighted by molar-refractivity contribution is 9.10. The van der Waals surface area contributed by atoms with Crippen molar-refractivity contribution in [2.45, 2.75) is 13.3 Å². The number of rotatable bonds is 3. The summed E-state index contributed by atoms with van der Waals surface area (Å²) in [6, 6.07) is 3.45. The van der Waals surface area contributed by atoms with E-state index in [2.05, 4.69) is 21.2 Å². The second-order valence-electron chi connectivity index (χ2n) is 4.36. The fourth-order valence-corrected chi connectivity index (χ4v) is 2.33. The Morgan fingerprint density at radius 1 is 1.44 bits per heavy atom. The summed E-state index contributed by atoms with van der Waals surface area (Å²) in [7, 11) is 0. The number of aryl methyl sites for hydroxylation is 1. The summed E-state index contributed by atoms with van der Waals surface area (Å²) in [5.74, 6) is -2.22. The third-order valence-electron chi connectivity index (χ3n) is 2.95. The highest BCUT2D eigenvalue weighted by atomic mass is 79.9. The van der Waals surface area contributed by atoms with E-state index in [1.54, 1.807) is 12.1 Å². The summed E-state index contributed by atoms with van der Waals surface area (Å²) in [5.41, 5.74) is 1.46.